The number of rotatable bonds is 7. The molecule has 2 atom stereocenters. The molecule has 0 saturated heterocycles. The second-order valence-electron chi connectivity index (χ2n) is 7.31. The fourth-order valence-corrected chi connectivity index (χ4v) is 3.51. The number of benzene rings is 2. The van der Waals surface area contributed by atoms with E-state index >= 15 is 0 Å². The normalized spacial score (nSPS) is 19.9. The molecule has 0 aromatic heterocycles. The summed E-state index contributed by atoms with van der Waals surface area (Å²) in [6.45, 7) is 4.77. The van der Waals surface area contributed by atoms with Gasteiger partial charge >= 0.3 is 5.97 Å². The van der Waals surface area contributed by atoms with E-state index in [9.17, 15) is 4.79 Å². The van der Waals surface area contributed by atoms with Crippen LogP contribution in [-0.2, 0) is 22.7 Å². The highest BCUT2D eigenvalue weighted by Gasteiger charge is 2.61. The standard InChI is InChI=1S/C22H22Cl2O3/c1-22(2)18(12-19(23)24)20(22)21(25)27-14-16-8-10-17(11-9-16)26-13-15-6-4-3-5-7-15/h3-12,18,20H,13-14H2,1-2H3. The van der Waals surface area contributed by atoms with Crippen molar-refractivity contribution in [2.45, 2.75) is 27.1 Å². The van der Waals surface area contributed by atoms with Crippen LogP contribution >= 0.6 is 23.2 Å². The second kappa shape index (κ2) is 8.37. The van der Waals surface area contributed by atoms with Gasteiger partial charge in [-0.15, -0.1) is 0 Å². The van der Waals surface area contributed by atoms with Crippen molar-refractivity contribution in [1.82, 2.24) is 0 Å². The first-order valence-electron chi connectivity index (χ1n) is 8.83. The highest BCUT2D eigenvalue weighted by molar-refractivity contribution is 6.55. The molecular formula is C22H22Cl2O3. The molecule has 142 valence electrons. The number of ether oxygens (including phenoxy) is 2. The molecule has 27 heavy (non-hydrogen) atoms. The number of carbonyl (C=O) groups excluding carboxylic acids is 1. The zero-order valence-electron chi connectivity index (χ0n) is 15.3. The molecule has 2 unspecified atom stereocenters. The number of hydrogen-bond donors (Lipinski definition) is 0. The van der Waals surface area contributed by atoms with Gasteiger partial charge in [-0.25, -0.2) is 0 Å². The van der Waals surface area contributed by atoms with E-state index in [2.05, 4.69) is 0 Å². The Morgan fingerprint density at radius 1 is 1.00 bits per heavy atom. The number of allylic oxidation sites excluding steroid dienone is 1. The molecular weight excluding hydrogens is 383 g/mol. The molecule has 0 N–H and O–H groups in total. The van der Waals surface area contributed by atoms with Crippen LogP contribution in [0.15, 0.2) is 65.2 Å². The minimum atomic E-state index is -0.222. The molecule has 0 amide bonds. The van der Waals surface area contributed by atoms with E-state index in [4.69, 9.17) is 32.7 Å². The number of carbonyl (C=O) groups is 1. The van der Waals surface area contributed by atoms with Crippen LogP contribution in [0, 0.1) is 17.3 Å². The molecule has 1 saturated carbocycles. The van der Waals surface area contributed by atoms with Crippen LogP contribution in [0.2, 0.25) is 0 Å². The quantitative estimate of drug-likeness (QED) is 0.538. The Balaban J connectivity index is 1.49. The summed E-state index contributed by atoms with van der Waals surface area (Å²) in [6.07, 6.45) is 1.72. The minimum Gasteiger partial charge on any atom is -0.489 e. The van der Waals surface area contributed by atoms with Crippen molar-refractivity contribution in [1.29, 1.82) is 0 Å². The van der Waals surface area contributed by atoms with Gasteiger partial charge in [0.2, 0.25) is 0 Å². The lowest BCUT2D eigenvalue weighted by atomic mass is 10.1. The highest BCUT2D eigenvalue weighted by Crippen LogP contribution is 2.60. The lowest BCUT2D eigenvalue weighted by molar-refractivity contribution is -0.147. The van der Waals surface area contributed by atoms with E-state index in [-0.39, 0.29) is 34.3 Å². The third-order valence-electron chi connectivity index (χ3n) is 5.02. The number of esters is 1. The Labute approximate surface area is 169 Å². The Hall–Kier alpha value is -1.97. The zero-order chi connectivity index (χ0) is 19.4. The topological polar surface area (TPSA) is 35.5 Å². The van der Waals surface area contributed by atoms with Crippen LogP contribution in [0.5, 0.6) is 5.75 Å². The van der Waals surface area contributed by atoms with Crippen molar-refractivity contribution in [3.05, 3.63) is 76.3 Å². The third-order valence-corrected chi connectivity index (χ3v) is 5.27. The highest BCUT2D eigenvalue weighted by atomic mass is 35.5. The van der Waals surface area contributed by atoms with Gasteiger partial charge in [-0.05, 0) is 40.7 Å². The first-order valence-corrected chi connectivity index (χ1v) is 9.58. The number of halogens is 2. The predicted molar refractivity (Wildman–Crippen MR) is 108 cm³/mol. The van der Waals surface area contributed by atoms with Crippen molar-refractivity contribution in [3.63, 3.8) is 0 Å². The van der Waals surface area contributed by atoms with Gasteiger partial charge in [0.15, 0.2) is 0 Å². The SMILES string of the molecule is CC1(C)C(C=C(Cl)Cl)C1C(=O)OCc1ccc(OCc2ccccc2)cc1. The van der Waals surface area contributed by atoms with Crippen LogP contribution in [0.3, 0.4) is 0 Å². The van der Waals surface area contributed by atoms with Gasteiger partial charge in [-0.3, -0.25) is 4.79 Å². The molecule has 0 radical (unpaired) electrons. The minimum absolute atomic E-state index is 0.0174. The lowest BCUT2D eigenvalue weighted by Crippen LogP contribution is -2.10. The maximum Gasteiger partial charge on any atom is 0.310 e. The fourth-order valence-electron chi connectivity index (χ4n) is 3.24. The molecule has 3 nitrogen and oxygen atoms in total. The van der Waals surface area contributed by atoms with Gasteiger partial charge in [0.05, 0.1) is 5.92 Å². The Morgan fingerprint density at radius 2 is 1.63 bits per heavy atom. The molecule has 1 aliphatic carbocycles. The summed E-state index contributed by atoms with van der Waals surface area (Å²) in [5.74, 6) is 0.363. The van der Waals surface area contributed by atoms with Crippen molar-refractivity contribution in [3.8, 4) is 5.75 Å². The van der Waals surface area contributed by atoms with E-state index < -0.39 is 0 Å². The molecule has 5 heteroatoms. The van der Waals surface area contributed by atoms with E-state index in [1.165, 1.54) is 0 Å². The Kier molecular flexibility index (Phi) is 6.13. The Morgan fingerprint density at radius 3 is 2.26 bits per heavy atom. The van der Waals surface area contributed by atoms with Gasteiger partial charge < -0.3 is 9.47 Å². The summed E-state index contributed by atoms with van der Waals surface area (Å²) in [7, 11) is 0. The van der Waals surface area contributed by atoms with Gasteiger partial charge in [0.25, 0.3) is 0 Å². The van der Waals surface area contributed by atoms with Crippen LogP contribution in [-0.4, -0.2) is 5.97 Å². The number of hydrogen-bond acceptors (Lipinski definition) is 3. The van der Waals surface area contributed by atoms with E-state index in [0.29, 0.717) is 6.61 Å². The summed E-state index contributed by atoms with van der Waals surface area (Å²) in [4.78, 5) is 12.4. The van der Waals surface area contributed by atoms with Crippen molar-refractivity contribution < 1.29 is 14.3 Å². The van der Waals surface area contributed by atoms with Crippen molar-refractivity contribution in [2.24, 2.45) is 17.3 Å². The molecule has 1 aliphatic rings. The van der Waals surface area contributed by atoms with Crippen LogP contribution in [0.1, 0.15) is 25.0 Å². The summed E-state index contributed by atoms with van der Waals surface area (Å²) in [6, 6.07) is 17.6. The summed E-state index contributed by atoms with van der Waals surface area (Å²) in [5.41, 5.74) is 1.85. The average Bonchev–Trinajstić information content (AvgIpc) is 3.19. The van der Waals surface area contributed by atoms with Gasteiger partial charge in [0, 0.05) is 0 Å². The summed E-state index contributed by atoms with van der Waals surface area (Å²) >= 11 is 11.5. The van der Waals surface area contributed by atoms with Crippen LogP contribution < -0.4 is 4.74 Å². The van der Waals surface area contributed by atoms with Gasteiger partial charge in [-0.2, -0.15) is 0 Å². The second-order valence-corrected chi connectivity index (χ2v) is 8.31. The van der Waals surface area contributed by atoms with Crippen LogP contribution in [0.4, 0.5) is 0 Å². The maximum atomic E-state index is 12.4. The smallest absolute Gasteiger partial charge is 0.310 e. The molecule has 0 spiro atoms. The lowest BCUT2D eigenvalue weighted by Gasteiger charge is -2.08. The van der Waals surface area contributed by atoms with Crippen LogP contribution in [0.25, 0.3) is 0 Å². The molecule has 0 aliphatic heterocycles. The van der Waals surface area contributed by atoms with Gasteiger partial charge in [0.1, 0.15) is 23.5 Å². The van der Waals surface area contributed by atoms with E-state index in [1.54, 1.807) is 6.08 Å². The molecule has 3 rings (SSSR count). The Bertz CT molecular complexity index is 809. The zero-order valence-corrected chi connectivity index (χ0v) is 16.8. The third kappa shape index (κ3) is 5.06. The van der Waals surface area contributed by atoms with Crippen molar-refractivity contribution in [2.75, 3.05) is 0 Å². The molecule has 2 aromatic carbocycles. The summed E-state index contributed by atoms with van der Waals surface area (Å²) in [5, 5.41) is 0. The first kappa shape index (κ1) is 19.8. The van der Waals surface area contributed by atoms with E-state index in [1.807, 2.05) is 68.4 Å². The monoisotopic (exact) mass is 404 g/mol. The summed E-state index contributed by atoms with van der Waals surface area (Å²) < 4.78 is 11.4. The molecule has 2 aromatic rings. The molecule has 1 fully saturated rings. The average molecular weight is 405 g/mol. The van der Waals surface area contributed by atoms with Crippen molar-refractivity contribution >= 4 is 29.2 Å². The van der Waals surface area contributed by atoms with Gasteiger partial charge in [-0.1, -0.05) is 79.5 Å². The largest absolute Gasteiger partial charge is 0.489 e. The predicted octanol–water partition coefficient (Wildman–Crippen LogP) is 5.90. The first-order chi connectivity index (χ1) is 12.9. The maximum absolute atomic E-state index is 12.4. The fraction of sp³-hybridized carbons (Fsp3) is 0.318. The van der Waals surface area contributed by atoms with E-state index in [0.717, 1.165) is 16.9 Å². The molecule has 0 bridgehead atoms. The molecule has 0 heterocycles.